The Bertz CT molecular complexity index is 643. The predicted octanol–water partition coefficient (Wildman–Crippen LogP) is 3.20. The molecule has 0 saturated heterocycles. The Kier molecular flexibility index (Phi) is 5.36. The van der Waals surface area contributed by atoms with Gasteiger partial charge in [0, 0.05) is 31.3 Å². The molecule has 0 saturated carbocycles. The van der Waals surface area contributed by atoms with E-state index in [1.54, 1.807) is 6.07 Å². The summed E-state index contributed by atoms with van der Waals surface area (Å²) in [4.78, 5) is 2.09. The Morgan fingerprint density at radius 1 is 1.14 bits per heavy atom. The van der Waals surface area contributed by atoms with Crippen LogP contribution in [0.2, 0.25) is 0 Å². The first-order valence-electron chi connectivity index (χ1n) is 6.85. The first-order chi connectivity index (χ1) is 10.2. The number of hydrogen-bond donors (Lipinski definition) is 1. The highest BCUT2D eigenvalue weighted by molar-refractivity contribution is 5.48. The summed E-state index contributed by atoms with van der Waals surface area (Å²) in [5.41, 5.74) is 2.73. The summed E-state index contributed by atoms with van der Waals surface area (Å²) in [5, 5.41) is 8.78. The van der Waals surface area contributed by atoms with Gasteiger partial charge in [0.05, 0.1) is 6.61 Å². The summed E-state index contributed by atoms with van der Waals surface area (Å²) in [5.74, 6) is 5.49. The number of para-hydroxylation sites is 1. The van der Waals surface area contributed by atoms with Gasteiger partial charge in [-0.2, -0.15) is 0 Å². The lowest BCUT2D eigenvalue weighted by Gasteiger charge is -2.20. The molecule has 0 aromatic heterocycles. The molecule has 2 aromatic rings. The van der Waals surface area contributed by atoms with Crippen molar-refractivity contribution in [1.82, 2.24) is 0 Å². The van der Waals surface area contributed by atoms with Crippen LogP contribution in [0.5, 0.6) is 0 Å². The number of rotatable bonds is 4. The van der Waals surface area contributed by atoms with Gasteiger partial charge in [0.15, 0.2) is 0 Å². The van der Waals surface area contributed by atoms with E-state index in [4.69, 9.17) is 5.11 Å². The second-order valence-electron chi connectivity index (χ2n) is 4.77. The molecule has 21 heavy (non-hydrogen) atoms. The largest absolute Gasteiger partial charge is 0.395 e. The van der Waals surface area contributed by atoms with Gasteiger partial charge in [-0.05, 0) is 29.8 Å². The second kappa shape index (κ2) is 7.47. The van der Waals surface area contributed by atoms with Gasteiger partial charge in [-0.3, -0.25) is 0 Å². The molecule has 2 aromatic carbocycles. The van der Waals surface area contributed by atoms with Crippen LogP contribution in [-0.2, 0) is 6.54 Å². The van der Waals surface area contributed by atoms with Crippen LogP contribution in [0.4, 0.5) is 10.1 Å². The van der Waals surface area contributed by atoms with Gasteiger partial charge >= 0.3 is 0 Å². The lowest BCUT2D eigenvalue weighted by molar-refractivity contribution is 0.305. The van der Waals surface area contributed by atoms with Crippen LogP contribution in [0.15, 0.2) is 48.5 Å². The van der Waals surface area contributed by atoms with E-state index in [0.29, 0.717) is 18.5 Å². The van der Waals surface area contributed by atoms with Crippen LogP contribution < -0.4 is 4.90 Å². The van der Waals surface area contributed by atoms with Crippen molar-refractivity contribution >= 4 is 5.69 Å². The maximum atomic E-state index is 13.4. The molecule has 3 heteroatoms. The summed E-state index contributed by atoms with van der Waals surface area (Å²) >= 11 is 0. The fraction of sp³-hybridized carbons (Fsp3) is 0.222. The standard InChI is InChI=1S/C18H18FNO/c1-20(18-8-3-2-4-9-18)14-16-10-11-17(19)13-15(16)7-5-6-12-21/h2-4,8-11,13,21H,6,12,14H2,1H3. The van der Waals surface area contributed by atoms with Gasteiger partial charge < -0.3 is 10.0 Å². The number of halogens is 1. The number of aliphatic hydroxyl groups excluding tert-OH is 1. The van der Waals surface area contributed by atoms with E-state index in [-0.39, 0.29) is 12.4 Å². The lowest BCUT2D eigenvalue weighted by atomic mass is 10.1. The van der Waals surface area contributed by atoms with E-state index < -0.39 is 0 Å². The van der Waals surface area contributed by atoms with Crippen LogP contribution in [0.25, 0.3) is 0 Å². The maximum Gasteiger partial charge on any atom is 0.124 e. The highest BCUT2D eigenvalue weighted by Gasteiger charge is 2.06. The molecule has 0 aliphatic rings. The van der Waals surface area contributed by atoms with E-state index >= 15 is 0 Å². The summed E-state index contributed by atoms with van der Waals surface area (Å²) in [7, 11) is 1.99. The summed E-state index contributed by atoms with van der Waals surface area (Å²) in [6.45, 7) is 0.662. The fourth-order valence-electron chi connectivity index (χ4n) is 2.05. The summed E-state index contributed by atoms with van der Waals surface area (Å²) in [6, 6.07) is 14.7. The minimum atomic E-state index is -0.297. The molecule has 0 spiro atoms. The molecule has 0 amide bonds. The number of aliphatic hydroxyl groups is 1. The second-order valence-corrected chi connectivity index (χ2v) is 4.77. The number of anilines is 1. The number of nitrogens with zero attached hydrogens (tertiary/aromatic N) is 1. The Labute approximate surface area is 124 Å². The van der Waals surface area contributed by atoms with Crippen molar-refractivity contribution in [2.24, 2.45) is 0 Å². The molecule has 2 nitrogen and oxygen atoms in total. The van der Waals surface area contributed by atoms with Crippen molar-refractivity contribution in [3.8, 4) is 11.8 Å². The smallest absolute Gasteiger partial charge is 0.124 e. The fourth-order valence-corrected chi connectivity index (χ4v) is 2.05. The number of hydrogen-bond acceptors (Lipinski definition) is 2. The zero-order chi connectivity index (χ0) is 15.1. The van der Waals surface area contributed by atoms with E-state index in [1.165, 1.54) is 12.1 Å². The molecule has 0 atom stereocenters. The normalized spacial score (nSPS) is 9.86. The maximum absolute atomic E-state index is 13.4. The van der Waals surface area contributed by atoms with Gasteiger partial charge in [0.25, 0.3) is 0 Å². The lowest BCUT2D eigenvalue weighted by Crippen LogP contribution is -2.17. The van der Waals surface area contributed by atoms with Gasteiger partial charge in [0.2, 0.25) is 0 Å². The Balaban J connectivity index is 2.22. The van der Waals surface area contributed by atoms with Gasteiger partial charge in [-0.25, -0.2) is 4.39 Å². The summed E-state index contributed by atoms with van der Waals surface area (Å²) in [6.07, 6.45) is 0.393. The van der Waals surface area contributed by atoms with Crippen molar-refractivity contribution in [3.05, 3.63) is 65.5 Å². The topological polar surface area (TPSA) is 23.5 Å². The van der Waals surface area contributed by atoms with Crippen molar-refractivity contribution in [2.75, 3.05) is 18.6 Å². The van der Waals surface area contributed by atoms with E-state index in [0.717, 1.165) is 11.3 Å². The highest BCUT2D eigenvalue weighted by Crippen LogP contribution is 2.17. The van der Waals surface area contributed by atoms with Crippen molar-refractivity contribution in [1.29, 1.82) is 0 Å². The molecule has 0 aliphatic carbocycles. The van der Waals surface area contributed by atoms with E-state index in [2.05, 4.69) is 16.7 Å². The molecule has 0 fully saturated rings. The third-order valence-corrected chi connectivity index (χ3v) is 3.14. The monoisotopic (exact) mass is 283 g/mol. The average Bonchev–Trinajstić information content (AvgIpc) is 2.51. The Morgan fingerprint density at radius 2 is 1.90 bits per heavy atom. The third kappa shape index (κ3) is 4.34. The van der Waals surface area contributed by atoms with Gasteiger partial charge in [-0.15, -0.1) is 0 Å². The van der Waals surface area contributed by atoms with Gasteiger partial charge in [-0.1, -0.05) is 36.1 Å². The van der Waals surface area contributed by atoms with Crippen LogP contribution in [0.3, 0.4) is 0 Å². The van der Waals surface area contributed by atoms with E-state index in [1.807, 2.05) is 37.4 Å². The highest BCUT2D eigenvalue weighted by atomic mass is 19.1. The SMILES string of the molecule is CN(Cc1ccc(F)cc1C#CCCO)c1ccccc1. The average molecular weight is 283 g/mol. The molecule has 2 rings (SSSR count). The molecule has 108 valence electrons. The van der Waals surface area contributed by atoms with Crippen LogP contribution in [-0.4, -0.2) is 18.8 Å². The minimum Gasteiger partial charge on any atom is -0.395 e. The molecule has 0 radical (unpaired) electrons. The molecule has 1 N–H and O–H groups in total. The Morgan fingerprint density at radius 3 is 2.62 bits per heavy atom. The molecule has 0 heterocycles. The van der Waals surface area contributed by atoms with Crippen molar-refractivity contribution in [2.45, 2.75) is 13.0 Å². The Hall–Kier alpha value is -2.31. The minimum absolute atomic E-state index is 0.0154. The predicted molar refractivity (Wildman–Crippen MR) is 83.5 cm³/mol. The quantitative estimate of drug-likeness (QED) is 0.871. The van der Waals surface area contributed by atoms with Crippen molar-refractivity contribution in [3.63, 3.8) is 0 Å². The molecule has 0 aliphatic heterocycles. The zero-order valence-corrected chi connectivity index (χ0v) is 12.0. The molecular formula is C18H18FNO. The van der Waals surface area contributed by atoms with Crippen LogP contribution >= 0.6 is 0 Å². The van der Waals surface area contributed by atoms with Crippen molar-refractivity contribution < 1.29 is 9.50 Å². The molecule has 0 unspecified atom stereocenters. The van der Waals surface area contributed by atoms with Crippen LogP contribution in [0.1, 0.15) is 17.5 Å². The molecule has 0 bridgehead atoms. The molecular weight excluding hydrogens is 265 g/mol. The van der Waals surface area contributed by atoms with Gasteiger partial charge in [0.1, 0.15) is 5.82 Å². The number of benzene rings is 2. The van der Waals surface area contributed by atoms with E-state index in [9.17, 15) is 4.39 Å². The third-order valence-electron chi connectivity index (χ3n) is 3.14. The zero-order valence-electron chi connectivity index (χ0n) is 12.0. The van der Waals surface area contributed by atoms with Crippen LogP contribution in [0, 0.1) is 17.7 Å². The summed E-state index contributed by atoms with van der Waals surface area (Å²) < 4.78 is 13.4. The first kappa shape index (κ1) is 15.1. The first-order valence-corrected chi connectivity index (χ1v) is 6.85.